The number of methoxy groups -OCH3 is 1. The van der Waals surface area contributed by atoms with Crippen LogP contribution in [-0.2, 0) is 22.6 Å². The van der Waals surface area contributed by atoms with Gasteiger partial charge in [0.1, 0.15) is 18.1 Å². The van der Waals surface area contributed by atoms with E-state index >= 15 is 0 Å². The van der Waals surface area contributed by atoms with Crippen LogP contribution in [0.1, 0.15) is 51.8 Å². The summed E-state index contributed by atoms with van der Waals surface area (Å²) >= 11 is 0. The van der Waals surface area contributed by atoms with Gasteiger partial charge >= 0.3 is 0 Å². The molecule has 0 fully saturated rings. The number of hydrogen-bond donors (Lipinski definition) is 1. The highest BCUT2D eigenvalue weighted by molar-refractivity contribution is 6.01. The van der Waals surface area contributed by atoms with Gasteiger partial charge in [-0.15, -0.1) is 5.10 Å². The summed E-state index contributed by atoms with van der Waals surface area (Å²) in [5.41, 5.74) is 3.18. The third-order valence-corrected chi connectivity index (χ3v) is 6.40. The van der Waals surface area contributed by atoms with Crippen LogP contribution in [0.15, 0.2) is 66.7 Å². The van der Waals surface area contributed by atoms with Gasteiger partial charge in [0, 0.05) is 11.2 Å². The number of carbonyl (C=O) groups excluding carboxylic acids is 2. The molecule has 1 atom stereocenters. The topological polar surface area (TPSA) is 98.6 Å². The van der Waals surface area contributed by atoms with Crippen molar-refractivity contribution in [3.05, 3.63) is 77.9 Å². The van der Waals surface area contributed by atoms with E-state index in [9.17, 15) is 9.59 Å². The van der Waals surface area contributed by atoms with Gasteiger partial charge < -0.3 is 14.8 Å². The SMILES string of the molecule is CCOc1ccc([C@@H](C(=O)NC(C)(C)C)N(C(=O)Cn2nnc3ccccc32)c2ccc(CC)cc2)cc1OC. The molecule has 9 heteroatoms. The number of aryl methyl sites for hydroxylation is 1. The Morgan fingerprint density at radius 2 is 1.73 bits per heavy atom. The molecule has 0 aliphatic heterocycles. The molecule has 0 radical (unpaired) electrons. The number of benzene rings is 3. The van der Waals surface area contributed by atoms with Crippen LogP contribution < -0.4 is 19.7 Å². The molecule has 4 aromatic rings. The van der Waals surface area contributed by atoms with Gasteiger partial charge in [-0.3, -0.25) is 14.5 Å². The number of amides is 2. The maximum atomic E-state index is 14.2. The van der Waals surface area contributed by atoms with E-state index in [0.29, 0.717) is 34.9 Å². The zero-order chi connectivity index (χ0) is 28.9. The van der Waals surface area contributed by atoms with E-state index in [1.807, 2.05) is 76.2 Å². The molecule has 1 N–H and O–H groups in total. The van der Waals surface area contributed by atoms with Gasteiger partial charge in [0.05, 0.1) is 19.2 Å². The molecule has 3 aromatic carbocycles. The van der Waals surface area contributed by atoms with E-state index in [0.717, 1.165) is 17.5 Å². The molecule has 210 valence electrons. The predicted octanol–water partition coefficient (Wildman–Crippen LogP) is 5.09. The zero-order valence-corrected chi connectivity index (χ0v) is 24.0. The molecular formula is C31H37N5O4. The number of ether oxygens (including phenoxy) is 2. The van der Waals surface area contributed by atoms with Gasteiger partial charge in [0.25, 0.3) is 0 Å². The van der Waals surface area contributed by atoms with Crippen LogP contribution in [0.4, 0.5) is 5.69 Å². The van der Waals surface area contributed by atoms with E-state index in [-0.39, 0.29) is 18.4 Å². The number of anilines is 1. The molecule has 0 aliphatic rings. The van der Waals surface area contributed by atoms with E-state index in [1.54, 1.807) is 30.0 Å². The summed E-state index contributed by atoms with van der Waals surface area (Å²) < 4.78 is 12.9. The Labute approximate surface area is 235 Å². The molecule has 40 heavy (non-hydrogen) atoms. The van der Waals surface area contributed by atoms with Crippen LogP contribution in [0.2, 0.25) is 0 Å². The Balaban J connectivity index is 1.86. The third kappa shape index (κ3) is 6.42. The van der Waals surface area contributed by atoms with Gasteiger partial charge in [0.15, 0.2) is 11.5 Å². The molecule has 0 saturated heterocycles. The lowest BCUT2D eigenvalue weighted by Gasteiger charge is -2.34. The Morgan fingerprint density at radius 3 is 2.38 bits per heavy atom. The Hall–Kier alpha value is -4.40. The van der Waals surface area contributed by atoms with E-state index in [1.165, 1.54) is 4.90 Å². The van der Waals surface area contributed by atoms with Gasteiger partial charge in [-0.1, -0.05) is 42.5 Å². The standard InChI is InChI=1S/C31H37N5O4/c1-7-21-13-16-23(17-14-21)36(28(37)20-35-25-12-10-9-11-24(25)33-34-35)29(30(38)32-31(3,4)5)22-15-18-26(40-8-2)27(19-22)39-6/h9-19,29H,7-8,20H2,1-6H3,(H,32,38)/t29-/m0/s1. The van der Waals surface area contributed by atoms with Crippen molar-refractivity contribution in [2.24, 2.45) is 0 Å². The molecule has 0 saturated carbocycles. The zero-order valence-electron chi connectivity index (χ0n) is 24.0. The summed E-state index contributed by atoms with van der Waals surface area (Å²) in [6.45, 7) is 10.0. The van der Waals surface area contributed by atoms with Crippen molar-refractivity contribution in [2.45, 2.75) is 59.2 Å². The van der Waals surface area contributed by atoms with Crippen LogP contribution in [0, 0.1) is 0 Å². The van der Waals surface area contributed by atoms with Crippen LogP contribution in [-0.4, -0.2) is 46.1 Å². The number of carbonyl (C=O) groups is 2. The number of aromatic nitrogens is 3. The lowest BCUT2D eigenvalue weighted by atomic mass is 9.99. The second-order valence-electron chi connectivity index (χ2n) is 10.5. The highest BCUT2D eigenvalue weighted by Crippen LogP contribution is 2.35. The van der Waals surface area contributed by atoms with E-state index in [4.69, 9.17) is 9.47 Å². The Morgan fingerprint density at radius 1 is 1.00 bits per heavy atom. The fourth-order valence-electron chi connectivity index (χ4n) is 4.55. The summed E-state index contributed by atoms with van der Waals surface area (Å²) in [5, 5.41) is 11.5. The minimum atomic E-state index is -1.00. The second kappa shape index (κ2) is 12.2. The number of nitrogens with one attached hydrogen (secondary N) is 1. The third-order valence-electron chi connectivity index (χ3n) is 6.40. The fraction of sp³-hybridized carbons (Fsp3) is 0.355. The Bertz CT molecular complexity index is 1470. The quantitative estimate of drug-likeness (QED) is 0.299. The summed E-state index contributed by atoms with van der Waals surface area (Å²) in [7, 11) is 1.55. The van der Waals surface area contributed by atoms with Gasteiger partial charge in [-0.05, 0) is 81.6 Å². The minimum Gasteiger partial charge on any atom is -0.493 e. The average Bonchev–Trinajstić information content (AvgIpc) is 3.33. The molecule has 1 heterocycles. The van der Waals surface area contributed by atoms with Crippen molar-refractivity contribution in [3.8, 4) is 11.5 Å². The molecule has 9 nitrogen and oxygen atoms in total. The largest absolute Gasteiger partial charge is 0.493 e. The van der Waals surface area contributed by atoms with Crippen molar-refractivity contribution < 1.29 is 19.1 Å². The molecular weight excluding hydrogens is 506 g/mol. The highest BCUT2D eigenvalue weighted by atomic mass is 16.5. The first-order chi connectivity index (χ1) is 19.1. The molecule has 0 unspecified atom stereocenters. The molecule has 0 spiro atoms. The summed E-state index contributed by atoms with van der Waals surface area (Å²) in [4.78, 5) is 29.8. The summed E-state index contributed by atoms with van der Waals surface area (Å²) in [5.74, 6) is 0.392. The van der Waals surface area contributed by atoms with Crippen LogP contribution >= 0.6 is 0 Å². The van der Waals surface area contributed by atoms with Crippen molar-refractivity contribution in [1.82, 2.24) is 20.3 Å². The minimum absolute atomic E-state index is 0.108. The molecule has 1 aromatic heterocycles. The van der Waals surface area contributed by atoms with Crippen molar-refractivity contribution in [1.29, 1.82) is 0 Å². The lowest BCUT2D eigenvalue weighted by molar-refractivity contribution is -0.128. The lowest BCUT2D eigenvalue weighted by Crippen LogP contribution is -2.50. The van der Waals surface area contributed by atoms with E-state index < -0.39 is 11.6 Å². The van der Waals surface area contributed by atoms with Gasteiger partial charge in [-0.2, -0.15) is 0 Å². The summed E-state index contributed by atoms with van der Waals surface area (Å²) in [6.07, 6.45) is 0.850. The van der Waals surface area contributed by atoms with Crippen LogP contribution in [0.25, 0.3) is 11.0 Å². The van der Waals surface area contributed by atoms with Crippen LogP contribution in [0.5, 0.6) is 11.5 Å². The highest BCUT2D eigenvalue weighted by Gasteiger charge is 2.35. The predicted molar refractivity (Wildman–Crippen MR) is 156 cm³/mol. The number of hydrogen-bond acceptors (Lipinski definition) is 6. The normalized spacial score (nSPS) is 12.2. The molecule has 0 bridgehead atoms. The second-order valence-corrected chi connectivity index (χ2v) is 10.5. The average molecular weight is 544 g/mol. The first kappa shape index (κ1) is 28.6. The van der Waals surface area contributed by atoms with Crippen molar-refractivity contribution in [2.75, 3.05) is 18.6 Å². The van der Waals surface area contributed by atoms with Crippen molar-refractivity contribution in [3.63, 3.8) is 0 Å². The molecule has 0 aliphatic carbocycles. The maximum absolute atomic E-state index is 14.2. The summed E-state index contributed by atoms with van der Waals surface area (Å²) in [6, 6.07) is 19.5. The number of para-hydroxylation sites is 1. The van der Waals surface area contributed by atoms with Crippen LogP contribution in [0.3, 0.4) is 0 Å². The fourth-order valence-corrected chi connectivity index (χ4v) is 4.55. The van der Waals surface area contributed by atoms with E-state index in [2.05, 4.69) is 22.6 Å². The molecule has 4 rings (SSSR count). The smallest absolute Gasteiger partial charge is 0.249 e. The first-order valence-electron chi connectivity index (χ1n) is 13.5. The van der Waals surface area contributed by atoms with Gasteiger partial charge in [-0.25, -0.2) is 4.68 Å². The monoisotopic (exact) mass is 543 g/mol. The first-order valence-corrected chi connectivity index (χ1v) is 13.5. The Kier molecular flexibility index (Phi) is 8.72. The number of rotatable bonds is 10. The number of fused-ring (bicyclic) bond motifs is 1. The van der Waals surface area contributed by atoms with Crippen molar-refractivity contribution >= 4 is 28.5 Å². The maximum Gasteiger partial charge on any atom is 0.249 e. The number of nitrogens with zero attached hydrogens (tertiary/aromatic N) is 4. The van der Waals surface area contributed by atoms with Gasteiger partial charge in [0.2, 0.25) is 11.8 Å². The molecule has 2 amide bonds.